The van der Waals surface area contributed by atoms with E-state index in [4.69, 9.17) is 18.6 Å². The van der Waals surface area contributed by atoms with Gasteiger partial charge in [0.1, 0.15) is 53.1 Å². The molecule has 11 heteroatoms. The number of Topliss-reactive ketones (excluding diaryl/α,β-unsaturated/α-hetero) is 1. The molecular formula is C26H24O11. The largest absolute Gasteiger partial charge is 0.490 e. The summed E-state index contributed by atoms with van der Waals surface area (Å²) in [6, 6.07) is 10.0. The summed E-state index contributed by atoms with van der Waals surface area (Å²) in [5, 5.41) is 10.5. The van der Waals surface area contributed by atoms with Gasteiger partial charge in [0.25, 0.3) is 0 Å². The Kier molecular flexibility index (Phi) is 8.64. The fourth-order valence-corrected chi connectivity index (χ4v) is 3.27. The van der Waals surface area contributed by atoms with E-state index in [1.807, 2.05) is 0 Å². The summed E-state index contributed by atoms with van der Waals surface area (Å²) in [5.74, 6) is -2.35. The van der Waals surface area contributed by atoms with Crippen LogP contribution in [-0.4, -0.2) is 56.4 Å². The maximum absolute atomic E-state index is 12.6. The molecule has 37 heavy (non-hydrogen) atoms. The first-order valence-corrected chi connectivity index (χ1v) is 10.8. The van der Waals surface area contributed by atoms with E-state index in [1.165, 1.54) is 37.3 Å². The molecule has 2 aromatic carbocycles. The topological polar surface area (TPSA) is 148 Å². The Balaban J connectivity index is 1.72. The van der Waals surface area contributed by atoms with Crippen LogP contribution in [-0.2, 0) is 14.3 Å². The fraction of sp³-hybridized carbons (Fsp3) is 0.231. The van der Waals surface area contributed by atoms with Gasteiger partial charge >= 0.3 is 11.9 Å². The number of fused-ring (bicyclic) bond motifs is 1. The lowest BCUT2D eigenvalue weighted by atomic mass is 10.1. The molecule has 1 atom stereocenters. The fourth-order valence-electron chi connectivity index (χ4n) is 3.27. The van der Waals surface area contributed by atoms with Gasteiger partial charge in [-0.15, -0.1) is 0 Å². The van der Waals surface area contributed by atoms with Crippen molar-refractivity contribution in [2.24, 2.45) is 0 Å². The lowest BCUT2D eigenvalue weighted by molar-refractivity contribution is -0.138. The van der Waals surface area contributed by atoms with Gasteiger partial charge in [-0.2, -0.15) is 0 Å². The molecule has 0 aliphatic carbocycles. The van der Waals surface area contributed by atoms with Gasteiger partial charge in [-0.3, -0.25) is 9.59 Å². The average molecular weight is 512 g/mol. The highest BCUT2D eigenvalue weighted by molar-refractivity contribution is 6.00. The standard InChI is InChI=1S/C26H24O11/c1-14(27)23-18(7-5-9-20(23)36-15(2)25(30)32-3)34-12-16(28)13-35-19-8-6-10-21-24(19)17(29)11-22(37-21)26(31)33-4/h5-11,16,28H,2,12-13H2,1,3-4H3. The molecule has 194 valence electrons. The number of ketones is 1. The lowest BCUT2D eigenvalue weighted by Crippen LogP contribution is -2.26. The van der Waals surface area contributed by atoms with Crippen molar-refractivity contribution in [3.05, 3.63) is 76.3 Å². The van der Waals surface area contributed by atoms with Crippen LogP contribution in [0.2, 0.25) is 0 Å². The zero-order valence-electron chi connectivity index (χ0n) is 20.3. The maximum atomic E-state index is 12.6. The quantitative estimate of drug-likeness (QED) is 0.175. The molecule has 11 nitrogen and oxygen atoms in total. The number of esters is 2. The van der Waals surface area contributed by atoms with Gasteiger partial charge in [0.2, 0.25) is 11.5 Å². The second kappa shape index (κ2) is 11.9. The number of aliphatic hydroxyl groups excluding tert-OH is 1. The number of hydrogen-bond acceptors (Lipinski definition) is 11. The summed E-state index contributed by atoms with van der Waals surface area (Å²) in [6.07, 6.45) is -1.17. The van der Waals surface area contributed by atoms with E-state index in [1.54, 1.807) is 6.07 Å². The number of hydrogen-bond donors (Lipinski definition) is 1. The van der Waals surface area contributed by atoms with Crippen LogP contribution < -0.4 is 19.6 Å². The maximum Gasteiger partial charge on any atom is 0.374 e. The number of methoxy groups -OCH3 is 2. The summed E-state index contributed by atoms with van der Waals surface area (Å²) >= 11 is 0. The molecule has 3 aromatic rings. The van der Waals surface area contributed by atoms with Crippen molar-refractivity contribution in [1.29, 1.82) is 0 Å². The van der Waals surface area contributed by atoms with Crippen LogP contribution in [0, 0.1) is 0 Å². The minimum atomic E-state index is -1.17. The van der Waals surface area contributed by atoms with Gasteiger partial charge < -0.3 is 33.2 Å². The van der Waals surface area contributed by atoms with Crippen molar-refractivity contribution >= 4 is 28.7 Å². The van der Waals surface area contributed by atoms with Crippen LogP contribution in [0.1, 0.15) is 27.8 Å². The minimum Gasteiger partial charge on any atom is -0.490 e. The molecule has 0 saturated heterocycles. The molecule has 0 aliphatic rings. The third-order valence-electron chi connectivity index (χ3n) is 4.95. The van der Waals surface area contributed by atoms with Gasteiger partial charge in [0, 0.05) is 6.07 Å². The summed E-state index contributed by atoms with van der Waals surface area (Å²) in [5.41, 5.74) is -0.388. The molecule has 0 aliphatic heterocycles. The zero-order chi connectivity index (χ0) is 27.1. The smallest absolute Gasteiger partial charge is 0.374 e. The van der Waals surface area contributed by atoms with Gasteiger partial charge in [-0.25, -0.2) is 9.59 Å². The van der Waals surface area contributed by atoms with Crippen LogP contribution in [0.3, 0.4) is 0 Å². The van der Waals surface area contributed by atoms with Crippen molar-refractivity contribution in [2.75, 3.05) is 27.4 Å². The molecule has 1 unspecified atom stereocenters. The molecule has 0 fully saturated rings. The summed E-state index contributed by atoms with van der Waals surface area (Å²) in [4.78, 5) is 48.1. The van der Waals surface area contributed by atoms with E-state index < -0.39 is 29.3 Å². The van der Waals surface area contributed by atoms with Gasteiger partial charge in [0.05, 0.1) is 14.2 Å². The minimum absolute atomic E-state index is 0.0277. The number of benzene rings is 2. The van der Waals surface area contributed by atoms with Crippen LogP contribution in [0.25, 0.3) is 11.0 Å². The van der Waals surface area contributed by atoms with E-state index in [0.717, 1.165) is 20.3 Å². The lowest BCUT2D eigenvalue weighted by Gasteiger charge is -2.17. The number of rotatable bonds is 11. The molecular weight excluding hydrogens is 488 g/mol. The number of ether oxygens (including phenoxy) is 5. The first kappa shape index (κ1) is 27.0. The molecule has 0 bridgehead atoms. The average Bonchev–Trinajstić information content (AvgIpc) is 2.89. The van der Waals surface area contributed by atoms with Crippen molar-refractivity contribution in [3.8, 4) is 17.2 Å². The summed E-state index contributed by atoms with van der Waals surface area (Å²) in [7, 11) is 2.33. The van der Waals surface area contributed by atoms with Gasteiger partial charge in [-0.1, -0.05) is 12.1 Å². The number of carbonyl (C=O) groups is 3. The highest BCUT2D eigenvalue weighted by Crippen LogP contribution is 2.30. The Labute approximate surface area is 210 Å². The van der Waals surface area contributed by atoms with Crippen LogP contribution in [0.15, 0.2) is 64.0 Å². The van der Waals surface area contributed by atoms with E-state index in [2.05, 4.69) is 16.1 Å². The van der Waals surface area contributed by atoms with Crippen LogP contribution >= 0.6 is 0 Å². The van der Waals surface area contributed by atoms with Crippen molar-refractivity contribution in [2.45, 2.75) is 13.0 Å². The zero-order valence-corrected chi connectivity index (χ0v) is 20.3. The molecule has 0 radical (unpaired) electrons. The molecule has 0 spiro atoms. The highest BCUT2D eigenvalue weighted by atomic mass is 16.6. The Morgan fingerprint density at radius 3 is 2.24 bits per heavy atom. The van der Waals surface area contributed by atoms with E-state index in [0.29, 0.717) is 0 Å². The predicted molar refractivity (Wildman–Crippen MR) is 129 cm³/mol. The number of carbonyl (C=O) groups excluding carboxylic acids is 3. The SMILES string of the molecule is C=C(Oc1cccc(OCC(O)COc2cccc3oc(C(=O)OC)cc(=O)c23)c1C(C)=O)C(=O)OC. The van der Waals surface area contributed by atoms with Crippen molar-refractivity contribution in [1.82, 2.24) is 0 Å². The van der Waals surface area contributed by atoms with E-state index >= 15 is 0 Å². The Bertz CT molecular complexity index is 1400. The van der Waals surface area contributed by atoms with E-state index in [9.17, 15) is 24.3 Å². The monoisotopic (exact) mass is 512 g/mol. The molecule has 0 saturated carbocycles. The first-order valence-electron chi connectivity index (χ1n) is 10.8. The second-order valence-corrected chi connectivity index (χ2v) is 7.57. The predicted octanol–water partition coefficient (Wildman–Crippen LogP) is 2.67. The number of aliphatic hydroxyl groups is 1. The Morgan fingerprint density at radius 2 is 1.59 bits per heavy atom. The van der Waals surface area contributed by atoms with Crippen LogP contribution in [0.4, 0.5) is 0 Å². The second-order valence-electron chi connectivity index (χ2n) is 7.57. The summed E-state index contributed by atoms with van der Waals surface area (Å²) in [6.45, 7) is 4.19. The van der Waals surface area contributed by atoms with E-state index in [-0.39, 0.29) is 58.5 Å². The molecule has 1 N–H and O–H groups in total. The Hall–Kier alpha value is -4.64. The molecule has 3 rings (SSSR count). The first-order chi connectivity index (χ1) is 17.7. The molecule has 1 heterocycles. The third-order valence-corrected chi connectivity index (χ3v) is 4.95. The van der Waals surface area contributed by atoms with Crippen molar-refractivity contribution < 1.29 is 47.6 Å². The van der Waals surface area contributed by atoms with Crippen molar-refractivity contribution in [3.63, 3.8) is 0 Å². The normalized spacial score (nSPS) is 11.4. The Morgan fingerprint density at radius 1 is 0.973 bits per heavy atom. The van der Waals surface area contributed by atoms with Gasteiger partial charge in [0.15, 0.2) is 11.2 Å². The molecule has 0 amide bonds. The molecule has 1 aromatic heterocycles. The third kappa shape index (κ3) is 6.33. The van der Waals surface area contributed by atoms with Gasteiger partial charge in [-0.05, 0) is 37.8 Å². The highest BCUT2D eigenvalue weighted by Gasteiger charge is 2.20. The summed E-state index contributed by atoms with van der Waals surface area (Å²) < 4.78 is 31.1. The van der Waals surface area contributed by atoms with Crippen LogP contribution in [0.5, 0.6) is 17.2 Å².